The molecule has 0 fully saturated rings. The van der Waals surface area contributed by atoms with Crippen LogP contribution in [0.3, 0.4) is 0 Å². The molecule has 2 nitrogen and oxygen atoms in total. The Hall–Kier alpha value is -1.81. The van der Waals surface area contributed by atoms with Crippen LogP contribution in [0.4, 0.5) is 4.39 Å². The SMILES string of the molecule is N=C(N)c1ccc(CSc2ccccc2)c(F)c1. The average Bonchev–Trinajstić information content (AvgIpc) is 2.38. The van der Waals surface area contributed by atoms with Crippen LogP contribution in [0.1, 0.15) is 11.1 Å². The molecule has 0 aliphatic heterocycles. The second-order valence-corrected chi connectivity index (χ2v) is 4.87. The summed E-state index contributed by atoms with van der Waals surface area (Å²) in [5, 5.41) is 7.24. The van der Waals surface area contributed by atoms with Gasteiger partial charge in [-0.15, -0.1) is 11.8 Å². The van der Waals surface area contributed by atoms with E-state index in [-0.39, 0.29) is 11.7 Å². The fourth-order valence-electron chi connectivity index (χ4n) is 1.51. The molecule has 0 amide bonds. The minimum Gasteiger partial charge on any atom is -0.384 e. The highest BCUT2D eigenvalue weighted by molar-refractivity contribution is 7.98. The van der Waals surface area contributed by atoms with Crippen molar-refractivity contribution in [2.75, 3.05) is 0 Å². The van der Waals surface area contributed by atoms with Crippen LogP contribution < -0.4 is 5.73 Å². The average molecular weight is 260 g/mol. The second kappa shape index (κ2) is 5.69. The molecule has 0 aromatic heterocycles. The standard InChI is InChI=1S/C14H13FN2S/c15-13-8-10(14(16)17)6-7-11(13)9-18-12-4-2-1-3-5-12/h1-8H,9H2,(H3,16,17). The lowest BCUT2D eigenvalue weighted by atomic mass is 10.1. The van der Waals surface area contributed by atoms with Gasteiger partial charge in [-0.3, -0.25) is 5.41 Å². The Morgan fingerprint density at radius 1 is 1.17 bits per heavy atom. The molecule has 2 aromatic carbocycles. The van der Waals surface area contributed by atoms with Crippen LogP contribution >= 0.6 is 11.8 Å². The minimum absolute atomic E-state index is 0.115. The first-order valence-corrected chi connectivity index (χ1v) is 6.46. The third-order valence-electron chi connectivity index (χ3n) is 2.50. The Balaban J connectivity index is 2.08. The summed E-state index contributed by atoms with van der Waals surface area (Å²) in [6.07, 6.45) is 0. The van der Waals surface area contributed by atoms with Crippen molar-refractivity contribution < 1.29 is 4.39 Å². The Kier molecular flexibility index (Phi) is 3.99. The Morgan fingerprint density at radius 2 is 1.89 bits per heavy atom. The zero-order valence-corrected chi connectivity index (χ0v) is 10.5. The first kappa shape index (κ1) is 12.6. The Morgan fingerprint density at radius 3 is 2.50 bits per heavy atom. The zero-order chi connectivity index (χ0) is 13.0. The van der Waals surface area contributed by atoms with E-state index in [2.05, 4.69) is 0 Å². The number of thioether (sulfide) groups is 1. The van der Waals surface area contributed by atoms with Crippen molar-refractivity contribution in [2.45, 2.75) is 10.6 Å². The Bertz CT molecular complexity index is 555. The van der Waals surface area contributed by atoms with Gasteiger partial charge in [0.05, 0.1) is 0 Å². The summed E-state index contributed by atoms with van der Waals surface area (Å²) >= 11 is 1.58. The maximum Gasteiger partial charge on any atom is 0.127 e. The van der Waals surface area contributed by atoms with E-state index in [0.29, 0.717) is 16.9 Å². The van der Waals surface area contributed by atoms with E-state index in [4.69, 9.17) is 11.1 Å². The summed E-state index contributed by atoms with van der Waals surface area (Å²) in [7, 11) is 0. The molecule has 0 spiro atoms. The lowest BCUT2D eigenvalue weighted by molar-refractivity contribution is 0.617. The molecule has 0 aliphatic carbocycles. The predicted octanol–water partition coefficient (Wildman–Crippen LogP) is 3.40. The number of nitrogens with two attached hydrogens (primary N) is 1. The van der Waals surface area contributed by atoms with Crippen molar-refractivity contribution in [3.8, 4) is 0 Å². The van der Waals surface area contributed by atoms with E-state index in [1.807, 2.05) is 30.3 Å². The maximum absolute atomic E-state index is 13.7. The number of amidine groups is 1. The van der Waals surface area contributed by atoms with E-state index in [1.165, 1.54) is 6.07 Å². The van der Waals surface area contributed by atoms with Crippen molar-refractivity contribution in [3.05, 3.63) is 65.5 Å². The number of hydrogen-bond donors (Lipinski definition) is 2. The summed E-state index contributed by atoms with van der Waals surface area (Å²) in [6, 6.07) is 14.5. The third-order valence-corrected chi connectivity index (χ3v) is 3.56. The number of halogens is 1. The topological polar surface area (TPSA) is 49.9 Å². The van der Waals surface area contributed by atoms with E-state index in [9.17, 15) is 4.39 Å². The molecule has 0 aliphatic rings. The molecule has 18 heavy (non-hydrogen) atoms. The van der Waals surface area contributed by atoms with Gasteiger partial charge in [0.1, 0.15) is 11.7 Å². The van der Waals surface area contributed by atoms with Gasteiger partial charge in [-0.1, -0.05) is 30.3 Å². The summed E-state index contributed by atoms with van der Waals surface area (Å²) in [6.45, 7) is 0. The molecular weight excluding hydrogens is 247 g/mol. The molecular formula is C14H13FN2S. The summed E-state index contributed by atoms with van der Waals surface area (Å²) in [5.41, 5.74) is 6.35. The van der Waals surface area contributed by atoms with Gasteiger partial charge < -0.3 is 5.73 Å². The lowest BCUT2D eigenvalue weighted by Crippen LogP contribution is -2.11. The van der Waals surface area contributed by atoms with E-state index in [0.717, 1.165) is 4.90 Å². The van der Waals surface area contributed by atoms with Crippen molar-refractivity contribution in [3.63, 3.8) is 0 Å². The van der Waals surface area contributed by atoms with Crippen LogP contribution in [-0.4, -0.2) is 5.84 Å². The summed E-state index contributed by atoms with van der Waals surface area (Å²) in [4.78, 5) is 1.10. The fraction of sp³-hybridized carbons (Fsp3) is 0.0714. The summed E-state index contributed by atoms with van der Waals surface area (Å²) in [5.74, 6) is 0.135. The highest BCUT2D eigenvalue weighted by Gasteiger charge is 2.05. The molecule has 0 saturated carbocycles. The second-order valence-electron chi connectivity index (χ2n) is 3.82. The highest BCUT2D eigenvalue weighted by Crippen LogP contribution is 2.24. The largest absolute Gasteiger partial charge is 0.384 e. The monoisotopic (exact) mass is 260 g/mol. The summed E-state index contributed by atoms with van der Waals surface area (Å²) < 4.78 is 13.7. The lowest BCUT2D eigenvalue weighted by Gasteiger charge is -2.05. The molecule has 0 bridgehead atoms. The molecule has 0 atom stereocenters. The van der Waals surface area contributed by atoms with Crippen molar-refractivity contribution in [1.29, 1.82) is 5.41 Å². The van der Waals surface area contributed by atoms with E-state index < -0.39 is 0 Å². The van der Waals surface area contributed by atoms with Crippen LogP contribution in [0.15, 0.2) is 53.4 Å². The predicted molar refractivity (Wildman–Crippen MR) is 73.4 cm³/mol. The number of benzene rings is 2. The van der Waals surface area contributed by atoms with Crippen LogP contribution in [0.25, 0.3) is 0 Å². The molecule has 0 heterocycles. The minimum atomic E-state index is -0.314. The van der Waals surface area contributed by atoms with E-state index in [1.54, 1.807) is 23.9 Å². The van der Waals surface area contributed by atoms with Gasteiger partial charge in [-0.05, 0) is 23.8 Å². The van der Waals surface area contributed by atoms with Gasteiger partial charge in [-0.25, -0.2) is 4.39 Å². The Labute approximate surface area is 110 Å². The molecule has 0 unspecified atom stereocenters. The highest BCUT2D eigenvalue weighted by atomic mass is 32.2. The van der Waals surface area contributed by atoms with E-state index >= 15 is 0 Å². The normalized spacial score (nSPS) is 10.3. The molecule has 0 saturated heterocycles. The first-order valence-electron chi connectivity index (χ1n) is 5.47. The maximum atomic E-state index is 13.7. The number of hydrogen-bond acceptors (Lipinski definition) is 2. The van der Waals surface area contributed by atoms with Gasteiger partial charge in [0.2, 0.25) is 0 Å². The quantitative estimate of drug-likeness (QED) is 0.503. The van der Waals surface area contributed by atoms with Crippen molar-refractivity contribution >= 4 is 17.6 Å². The molecule has 3 N–H and O–H groups in total. The number of rotatable bonds is 4. The molecule has 2 rings (SSSR count). The van der Waals surface area contributed by atoms with Gasteiger partial charge >= 0.3 is 0 Å². The number of nitrogens with one attached hydrogen (secondary N) is 1. The molecule has 2 aromatic rings. The van der Waals surface area contributed by atoms with Crippen LogP contribution in [0.2, 0.25) is 0 Å². The van der Waals surface area contributed by atoms with Crippen LogP contribution in [-0.2, 0) is 5.75 Å². The van der Waals surface area contributed by atoms with Gasteiger partial charge in [0, 0.05) is 16.2 Å². The van der Waals surface area contributed by atoms with Gasteiger partial charge in [0.15, 0.2) is 0 Å². The zero-order valence-electron chi connectivity index (χ0n) is 9.69. The fourth-order valence-corrected chi connectivity index (χ4v) is 2.42. The van der Waals surface area contributed by atoms with Crippen LogP contribution in [0, 0.1) is 11.2 Å². The third kappa shape index (κ3) is 3.11. The van der Waals surface area contributed by atoms with Gasteiger partial charge in [0.25, 0.3) is 0 Å². The van der Waals surface area contributed by atoms with Crippen molar-refractivity contribution in [1.82, 2.24) is 0 Å². The number of nitrogen functional groups attached to an aromatic ring is 1. The smallest absolute Gasteiger partial charge is 0.127 e. The van der Waals surface area contributed by atoms with Gasteiger partial charge in [-0.2, -0.15) is 0 Å². The molecule has 92 valence electrons. The molecule has 0 radical (unpaired) electrons. The first-order chi connectivity index (χ1) is 8.66. The van der Waals surface area contributed by atoms with Crippen LogP contribution in [0.5, 0.6) is 0 Å². The van der Waals surface area contributed by atoms with Crippen molar-refractivity contribution in [2.24, 2.45) is 5.73 Å². The molecule has 4 heteroatoms.